The second-order valence-electron chi connectivity index (χ2n) is 7.75. The molecule has 4 rings (SSSR count). The van der Waals surface area contributed by atoms with Crippen LogP contribution in [0.25, 0.3) is 11.4 Å². The van der Waals surface area contributed by atoms with Crippen molar-refractivity contribution in [3.05, 3.63) is 64.0 Å². The molecule has 3 aromatic rings. The van der Waals surface area contributed by atoms with Gasteiger partial charge < -0.3 is 14.6 Å². The number of rotatable bonds is 6. The van der Waals surface area contributed by atoms with Gasteiger partial charge in [-0.3, -0.25) is 9.69 Å². The third kappa shape index (κ3) is 5.71. The minimum atomic E-state index is -0.552. The molecule has 8 nitrogen and oxygen atoms in total. The van der Waals surface area contributed by atoms with Crippen LogP contribution in [-0.2, 0) is 16.1 Å². The number of anilines is 1. The van der Waals surface area contributed by atoms with Crippen LogP contribution in [0.15, 0.2) is 47.0 Å². The number of carbonyl (C=O) groups excluding carboxylic acids is 2. The van der Waals surface area contributed by atoms with Gasteiger partial charge in [-0.15, -0.1) is 0 Å². The molecular formula is C23H22Cl2N4O4. The van der Waals surface area contributed by atoms with Gasteiger partial charge >= 0.3 is 5.97 Å². The number of piperidine rings is 1. The Kier molecular flexibility index (Phi) is 7.27. The molecule has 1 aromatic heterocycles. The smallest absolute Gasteiger partial charge is 0.339 e. The van der Waals surface area contributed by atoms with Gasteiger partial charge in [0.15, 0.2) is 0 Å². The van der Waals surface area contributed by atoms with Crippen LogP contribution in [0.3, 0.4) is 0 Å². The molecule has 33 heavy (non-hydrogen) atoms. The number of nitrogens with zero attached hydrogens (tertiary/aromatic N) is 3. The van der Waals surface area contributed by atoms with E-state index in [4.69, 9.17) is 32.5 Å². The minimum absolute atomic E-state index is 0.0891. The van der Waals surface area contributed by atoms with Crippen LogP contribution in [0.5, 0.6) is 0 Å². The van der Waals surface area contributed by atoms with Crippen molar-refractivity contribution in [3.63, 3.8) is 0 Å². The van der Waals surface area contributed by atoms with Crippen molar-refractivity contribution >= 4 is 40.8 Å². The van der Waals surface area contributed by atoms with Gasteiger partial charge in [-0.25, -0.2) is 4.79 Å². The predicted octanol–water partition coefficient (Wildman–Crippen LogP) is 4.68. The van der Waals surface area contributed by atoms with Crippen LogP contribution in [-0.4, -0.2) is 47.1 Å². The van der Waals surface area contributed by atoms with Gasteiger partial charge in [0.25, 0.3) is 0 Å². The largest absolute Gasteiger partial charge is 0.465 e. The molecule has 0 atom stereocenters. The van der Waals surface area contributed by atoms with E-state index in [0.717, 1.165) is 18.7 Å². The molecule has 0 bridgehead atoms. The molecular weight excluding hydrogens is 467 g/mol. The molecule has 172 valence electrons. The summed E-state index contributed by atoms with van der Waals surface area (Å²) in [6, 6.07) is 12.0. The number of halogens is 2. The number of amides is 1. The highest BCUT2D eigenvalue weighted by Gasteiger charge is 2.26. The fourth-order valence-corrected chi connectivity index (χ4v) is 4.11. The maximum atomic E-state index is 12.7. The summed E-state index contributed by atoms with van der Waals surface area (Å²) in [6.07, 6.45) is 1.39. The Morgan fingerprint density at radius 2 is 1.97 bits per heavy atom. The van der Waals surface area contributed by atoms with Crippen LogP contribution in [0.4, 0.5) is 5.69 Å². The first-order valence-electron chi connectivity index (χ1n) is 10.4. The van der Waals surface area contributed by atoms with Gasteiger partial charge in [-0.05, 0) is 56.3 Å². The number of ether oxygens (including phenoxy) is 1. The molecule has 1 amide bonds. The lowest BCUT2D eigenvalue weighted by atomic mass is 9.95. The summed E-state index contributed by atoms with van der Waals surface area (Å²) >= 11 is 12.1. The molecule has 10 heteroatoms. The highest BCUT2D eigenvalue weighted by atomic mass is 35.5. The van der Waals surface area contributed by atoms with Crippen LogP contribution in [0.1, 0.15) is 29.1 Å². The molecule has 0 spiro atoms. The lowest BCUT2D eigenvalue weighted by molar-refractivity contribution is -0.121. The topological polar surface area (TPSA) is 97.6 Å². The zero-order valence-corrected chi connectivity index (χ0v) is 19.4. The van der Waals surface area contributed by atoms with Gasteiger partial charge in [-0.1, -0.05) is 40.5 Å². The van der Waals surface area contributed by atoms with Crippen molar-refractivity contribution < 1.29 is 18.8 Å². The number of esters is 1. The van der Waals surface area contributed by atoms with Crippen molar-refractivity contribution in [1.29, 1.82) is 0 Å². The van der Waals surface area contributed by atoms with Crippen LogP contribution >= 0.6 is 23.2 Å². The Labute approximate surface area is 200 Å². The van der Waals surface area contributed by atoms with Crippen LogP contribution in [0, 0.1) is 5.92 Å². The molecule has 0 unspecified atom stereocenters. The molecule has 1 aliphatic rings. The third-order valence-electron chi connectivity index (χ3n) is 5.51. The fraction of sp³-hybridized carbons (Fsp3) is 0.304. The Hall–Kier alpha value is -2.94. The molecule has 2 heterocycles. The highest BCUT2D eigenvalue weighted by molar-refractivity contribution is 6.33. The maximum Gasteiger partial charge on any atom is 0.339 e. The summed E-state index contributed by atoms with van der Waals surface area (Å²) in [7, 11) is 1.28. The third-order valence-corrected chi connectivity index (χ3v) is 6.07. The Morgan fingerprint density at radius 1 is 1.18 bits per heavy atom. The van der Waals surface area contributed by atoms with Crippen LogP contribution in [0.2, 0.25) is 10.0 Å². The summed E-state index contributed by atoms with van der Waals surface area (Å²) in [6.45, 7) is 1.96. The average molecular weight is 489 g/mol. The Balaban J connectivity index is 1.30. The van der Waals surface area contributed by atoms with Crippen molar-refractivity contribution in [3.8, 4) is 11.4 Å². The molecule has 0 aliphatic carbocycles. The summed E-state index contributed by atoms with van der Waals surface area (Å²) < 4.78 is 10.1. The molecule has 0 saturated carbocycles. The summed E-state index contributed by atoms with van der Waals surface area (Å²) in [5.41, 5.74) is 1.51. The number of nitrogens with one attached hydrogen (secondary N) is 1. The van der Waals surface area contributed by atoms with Gasteiger partial charge in [0.2, 0.25) is 17.6 Å². The molecule has 1 fully saturated rings. The highest BCUT2D eigenvalue weighted by Crippen LogP contribution is 2.25. The number of methoxy groups -OCH3 is 1. The van der Waals surface area contributed by atoms with Gasteiger partial charge in [0.1, 0.15) is 0 Å². The van der Waals surface area contributed by atoms with E-state index >= 15 is 0 Å². The lowest BCUT2D eigenvalue weighted by Gasteiger charge is -2.30. The summed E-state index contributed by atoms with van der Waals surface area (Å²) in [5, 5.41) is 7.79. The van der Waals surface area contributed by atoms with E-state index < -0.39 is 5.97 Å². The Bertz CT molecular complexity index is 1160. The van der Waals surface area contributed by atoms with Gasteiger partial charge in [0, 0.05) is 22.2 Å². The first-order chi connectivity index (χ1) is 15.9. The normalized spacial score (nSPS) is 14.8. The first kappa shape index (κ1) is 23.2. The number of hydrogen-bond acceptors (Lipinski definition) is 7. The SMILES string of the molecule is COC(=O)c1cc(NC(=O)C2CCN(Cc3nc(-c4cccc(Cl)c4)no3)CC2)ccc1Cl. The minimum Gasteiger partial charge on any atom is -0.465 e. The standard InChI is InChI=1S/C23H22Cl2N4O4/c1-32-23(31)18-12-17(5-6-19(18)25)26-22(30)14-7-9-29(10-8-14)13-20-27-21(28-33-20)15-3-2-4-16(24)11-15/h2-6,11-12,14H,7-10,13H2,1H3,(H,26,30). The molecule has 0 radical (unpaired) electrons. The van der Waals surface area contributed by atoms with E-state index in [-0.39, 0.29) is 22.4 Å². The average Bonchev–Trinajstić information content (AvgIpc) is 3.29. The zero-order valence-electron chi connectivity index (χ0n) is 17.9. The number of benzene rings is 2. The van der Waals surface area contributed by atoms with Crippen LogP contribution < -0.4 is 5.32 Å². The van der Waals surface area contributed by atoms with E-state index in [0.29, 0.717) is 41.8 Å². The molecule has 1 aliphatic heterocycles. The lowest BCUT2D eigenvalue weighted by Crippen LogP contribution is -2.37. The van der Waals surface area contributed by atoms with E-state index in [9.17, 15) is 9.59 Å². The first-order valence-corrected chi connectivity index (χ1v) is 11.2. The Morgan fingerprint density at radius 3 is 2.70 bits per heavy atom. The number of likely N-dealkylation sites (tertiary alicyclic amines) is 1. The predicted molar refractivity (Wildman–Crippen MR) is 124 cm³/mol. The number of hydrogen-bond donors (Lipinski definition) is 1. The van der Waals surface area contributed by atoms with Crippen molar-refractivity contribution in [2.24, 2.45) is 5.92 Å². The maximum absolute atomic E-state index is 12.7. The van der Waals surface area contributed by atoms with E-state index in [1.165, 1.54) is 13.2 Å². The second-order valence-corrected chi connectivity index (χ2v) is 8.59. The van der Waals surface area contributed by atoms with Gasteiger partial charge in [-0.2, -0.15) is 4.98 Å². The molecule has 2 aromatic carbocycles. The van der Waals surface area contributed by atoms with E-state index in [2.05, 4.69) is 20.4 Å². The molecule has 1 N–H and O–H groups in total. The number of aromatic nitrogens is 2. The second kappa shape index (κ2) is 10.3. The quantitative estimate of drug-likeness (QED) is 0.502. The monoisotopic (exact) mass is 488 g/mol. The molecule has 1 saturated heterocycles. The van der Waals surface area contributed by atoms with Gasteiger partial charge in [0.05, 0.1) is 24.2 Å². The van der Waals surface area contributed by atoms with Crippen molar-refractivity contribution in [2.75, 3.05) is 25.5 Å². The summed E-state index contributed by atoms with van der Waals surface area (Å²) in [4.78, 5) is 31.2. The summed E-state index contributed by atoms with van der Waals surface area (Å²) in [5.74, 6) is 0.237. The van der Waals surface area contributed by atoms with E-state index in [1.54, 1.807) is 24.3 Å². The van der Waals surface area contributed by atoms with Crippen molar-refractivity contribution in [2.45, 2.75) is 19.4 Å². The number of carbonyl (C=O) groups is 2. The zero-order chi connectivity index (χ0) is 23.4. The fourth-order valence-electron chi connectivity index (χ4n) is 3.72. The van der Waals surface area contributed by atoms with Crippen molar-refractivity contribution in [1.82, 2.24) is 15.0 Å². The van der Waals surface area contributed by atoms with E-state index in [1.807, 2.05) is 12.1 Å².